The summed E-state index contributed by atoms with van der Waals surface area (Å²) in [5, 5.41) is 0.814. The zero-order valence-electron chi connectivity index (χ0n) is 9.77. The predicted octanol–water partition coefficient (Wildman–Crippen LogP) is 3.99. The summed E-state index contributed by atoms with van der Waals surface area (Å²) < 4.78 is 14.5. The second kappa shape index (κ2) is 4.07. The molecule has 2 nitrogen and oxygen atoms in total. The molecular formula is C14H11FN2S. The van der Waals surface area contributed by atoms with Gasteiger partial charge in [-0.1, -0.05) is 6.07 Å². The molecule has 0 saturated heterocycles. The first kappa shape index (κ1) is 11.2. The van der Waals surface area contributed by atoms with Crippen molar-refractivity contribution >= 4 is 27.2 Å². The lowest BCUT2D eigenvalue weighted by atomic mass is 10.2. The molecule has 0 bridgehead atoms. The predicted molar refractivity (Wildman–Crippen MR) is 74.2 cm³/mol. The van der Waals surface area contributed by atoms with E-state index in [-0.39, 0.29) is 5.69 Å². The standard InChI is InChI=1S/C14H11FN2S/c1-8-2-5-13-12(6-8)17-14(18-13)9-3-4-11(16)10(15)7-9/h2-7H,16H2,1H3. The molecule has 2 N–H and O–H groups in total. The van der Waals surface area contributed by atoms with Gasteiger partial charge >= 0.3 is 0 Å². The Balaban J connectivity index is 2.16. The molecule has 3 aromatic rings. The van der Waals surface area contributed by atoms with Crippen LogP contribution >= 0.6 is 11.3 Å². The van der Waals surface area contributed by atoms with Crippen molar-refractivity contribution in [2.45, 2.75) is 6.92 Å². The Hall–Kier alpha value is -1.94. The highest BCUT2D eigenvalue weighted by atomic mass is 32.1. The number of thiazole rings is 1. The molecule has 1 heterocycles. The summed E-state index contributed by atoms with van der Waals surface area (Å²) in [6, 6.07) is 10.9. The van der Waals surface area contributed by atoms with Crippen LogP contribution in [0.4, 0.5) is 10.1 Å². The number of nitrogens with zero attached hydrogens (tertiary/aromatic N) is 1. The smallest absolute Gasteiger partial charge is 0.146 e. The Kier molecular flexibility index (Phi) is 2.52. The van der Waals surface area contributed by atoms with E-state index in [0.717, 1.165) is 20.8 Å². The maximum atomic E-state index is 13.4. The monoisotopic (exact) mass is 258 g/mol. The van der Waals surface area contributed by atoms with Crippen LogP contribution in [0.2, 0.25) is 0 Å². The quantitative estimate of drug-likeness (QED) is 0.670. The summed E-state index contributed by atoms with van der Waals surface area (Å²) in [5.41, 5.74) is 8.52. The molecule has 3 rings (SSSR count). The van der Waals surface area contributed by atoms with Crippen molar-refractivity contribution in [2.24, 2.45) is 0 Å². The van der Waals surface area contributed by atoms with Crippen LogP contribution in [0.1, 0.15) is 5.56 Å². The molecule has 0 aliphatic heterocycles. The summed E-state index contributed by atoms with van der Waals surface area (Å²) in [5.74, 6) is -0.400. The van der Waals surface area contributed by atoms with Crippen LogP contribution in [0.25, 0.3) is 20.8 Å². The minimum atomic E-state index is -0.400. The van der Waals surface area contributed by atoms with Gasteiger partial charge in [-0.2, -0.15) is 0 Å². The van der Waals surface area contributed by atoms with E-state index in [0.29, 0.717) is 0 Å². The fraction of sp³-hybridized carbons (Fsp3) is 0.0714. The first-order valence-corrected chi connectivity index (χ1v) is 6.38. The highest BCUT2D eigenvalue weighted by Gasteiger charge is 2.08. The van der Waals surface area contributed by atoms with E-state index in [1.165, 1.54) is 11.6 Å². The molecule has 0 atom stereocenters. The topological polar surface area (TPSA) is 38.9 Å². The molecule has 0 aliphatic carbocycles. The van der Waals surface area contributed by atoms with Crippen LogP contribution in [0, 0.1) is 12.7 Å². The number of fused-ring (bicyclic) bond motifs is 1. The molecule has 0 aliphatic rings. The van der Waals surface area contributed by atoms with Gasteiger partial charge in [0.1, 0.15) is 10.8 Å². The molecule has 0 amide bonds. The minimum absolute atomic E-state index is 0.163. The molecule has 1 aromatic heterocycles. The van der Waals surface area contributed by atoms with E-state index in [1.54, 1.807) is 23.5 Å². The van der Waals surface area contributed by atoms with E-state index >= 15 is 0 Å². The van der Waals surface area contributed by atoms with Crippen molar-refractivity contribution in [1.29, 1.82) is 0 Å². The lowest BCUT2D eigenvalue weighted by Crippen LogP contribution is -1.90. The van der Waals surface area contributed by atoms with E-state index in [9.17, 15) is 4.39 Å². The molecule has 90 valence electrons. The number of benzene rings is 2. The van der Waals surface area contributed by atoms with Gasteiger partial charge in [0.05, 0.1) is 15.9 Å². The van der Waals surface area contributed by atoms with Crippen molar-refractivity contribution in [3.8, 4) is 10.6 Å². The van der Waals surface area contributed by atoms with Crippen LogP contribution in [0.5, 0.6) is 0 Å². The number of rotatable bonds is 1. The number of hydrogen-bond acceptors (Lipinski definition) is 3. The van der Waals surface area contributed by atoms with E-state index in [1.807, 2.05) is 25.1 Å². The zero-order valence-corrected chi connectivity index (χ0v) is 10.6. The van der Waals surface area contributed by atoms with Crippen molar-refractivity contribution in [2.75, 3.05) is 5.73 Å². The lowest BCUT2D eigenvalue weighted by Gasteiger charge is -1.98. The maximum Gasteiger partial charge on any atom is 0.146 e. The van der Waals surface area contributed by atoms with E-state index < -0.39 is 5.82 Å². The Bertz CT molecular complexity index is 734. The molecule has 0 spiro atoms. The van der Waals surface area contributed by atoms with Gasteiger partial charge in [0.2, 0.25) is 0 Å². The molecule has 4 heteroatoms. The third kappa shape index (κ3) is 1.84. The van der Waals surface area contributed by atoms with Crippen LogP contribution in [0.3, 0.4) is 0 Å². The van der Waals surface area contributed by atoms with Gasteiger partial charge in [-0.05, 0) is 42.8 Å². The first-order valence-electron chi connectivity index (χ1n) is 5.56. The van der Waals surface area contributed by atoms with E-state index in [2.05, 4.69) is 4.98 Å². The van der Waals surface area contributed by atoms with Crippen molar-refractivity contribution in [3.05, 3.63) is 47.8 Å². The first-order chi connectivity index (χ1) is 8.63. The maximum absolute atomic E-state index is 13.4. The Morgan fingerprint density at radius 3 is 2.78 bits per heavy atom. The number of anilines is 1. The molecule has 0 saturated carbocycles. The second-order valence-electron chi connectivity index (χ2n) is 4.23. The number of nitrogens with two attached hydrogens (primary N) is 1. The van der Waals surface area contributed by atoms with Crippen molar-refractivity contribution < 1.29 is 4.39 Å². The molecule has 0 unspecified atom stereocenters. The molecule has 0 fully saturated rings. The van der Waals surface area contributed by atoms with E-state index in [4.69, 9.17) is 5.73 Å². The SMILES string of the molecule is Cc1ccc2sc(-c3ccc(N)c(F)c3)nc2c1. The summed E-state index contributed by atoms with van der Waals surface area (Å²) in [7, 11) is 0. The van der Waals surface area contributed by atoms with Gasteiger partial charge < -0.3 is 5.73 Å². The molecule has 18 heavy (non-hydrogen) atoms. The van der Waals surface area contributed by atoms with Gasteiger partial charge in [0.25, 0.3) is 0 Å². The average Bonchev–Trinajstić information content (AvgIpc) is 2.75. The normalized spacial score (nSPS) is 11.0. The van der Waals surface area contributed by atoms with Crippen molar-refractivity contribution in [3.63, 3.8) is 0 Å². The number of aryl methyl sites for hydroxylation is 1. The highest BCUT2D eigenvalue weighted by Crippen LogP contribution is 2.31. The Morgan fingerprint density at radius 1 is 1.17 bits per heavy atom. The van der Waals surface area contributed by atoms with Crippen LogP contribution < -0.4 is 5.73 Å². The summed E-state index contributed by atoms with van der Waals surface area (Å²) >= 11 is 1.56. The summed E-state index contributed by atoms with van der Waals surface area (Å²) in [4.78, 5) is 4.53. The fourth-order valence-corrected chi connectivity index (χ4v) is 2.76. The fourth-order valence-electron chi connectivity index (χ4n) is 1.82. The van der Waals surface area contributed by atoms with Gasteiger partial charge in [-0.3, -0.25) is 0 Å². The second-order valence-corrected chi connectivity index (χ2v) is 5.26. The van der Waals surface area contributed by atoms with Crippen LogP contribution in [0.15, 0.2) is 36.4 Å². The van der Waals surface area contributed by atoms with Crippen LogP contribution in [-0.4, -0.2) is 4.98 Å². The van der Waals surface area contributed by atoms with Gasteiger partial charge in [0.15, 0.2) is 0 Å². The Morgan fingerprint density at radius 2 is 2.00 bits per heavy atom. The van der Waals surface area contributed by atoms with Crippen molar-refractivity contribution in [1.82, 2.24) is 4.98 Å². The van der Waals surface area contributed by atoms with Gasteiger partial charge in [0, 0.05) is 5.56 Å². The van der Waals surface area contributed by atoms with Crippen LogP contribution in [-0.2, 0) is 0 Å². The number of nitrogen functional groups attached to an aromatic ring is 1. The number of hydrogen-bond donors (Lipinski definition) is 1. The number of aromatic nitrogens is 1. The lowest BCUT2D eigenvalue weighted by molar-refractivity contribution is 0.633. The minimum Gasteiger partial charge on any atom is -0.396 e. The number of halogens is 1. The Labute approximate surface area is 108 Å². The third-order valence-corrected chi connectivity index (χ3v) is 3.88. The summed E-state index contributed by atoms with van der Waals surface area (Å²) in [6.07, 6.45) is 0. The molecular weight excluding hydrogens is 247 g/mol. The third-order valence-electron chi connectivity index (χ3n) is 2.79. The largest absolute Gasteiger partial charge is 0.396 e. The zero-order chi connectivity index (χ0) is 12.7. The summed E-state index contributed by atoms with van der Waals surface area (Å²) in [6.45, 7) is 2.03. The molecule has 0 radical (unpaired) electrons. The van der Waals surface area contributed by atoms with Gasteiger partial charge in [-0.25, -0.2) is 9.37 Å². The average molecular weight is 258 g/mol. The van der Waals surface area contributed by atoms with Gasteiger partial charge in [-0.15, -0.1) is 11.3 Å². The highest BCUT2D eigenvalue weighted by molar-refractivity contribution is 7.21. The molecule has 2 aromatic carbocycles.